The molecular formula is C26H23ClN4O4. The molecule has 2 aromatic heterocycles. The van der Waals surface area contributed by atoms with E-state index in [1.54, 1.807) is 54.3 Å². The van der Waals surface area contributed by atoms with Crippen LogP contribution in [0.4, 0.5) is 5.69 Å². The number of anilines is 1. The molecule has 0 saturated carbocycles. The van der Waals surface area contributed by atoms with Crippen LogP contribution >= 0.6 is 11.6 Å². The summed E-state index contributed by atoms with van der Waals surface area (Å²) < 4.78 is 12.3. The number of carbonyl (C=O) groups is 2. The fourth-order valence-electron chi connectivity index (χ4n) is 4.29. The molecule has 3 heterocycles. The van der Waals surface area contributed by atoms with Gasteiger partial charge in [-0.05, 0) is 42.8 Å². The smallest absolute Gasteiger partial charge is 0.277 e. The minimum absolute atomic E-state index is 0.138. The first-order chi connectivity index (χ1) is 16.9. The molecule has 0 unspecified atom stereocenters. The Morgan fingerprint density at radius 2 is 1.97 bits per heavy atom. The number of hydrogen-bond donors (Lipinski definition) is 1. The molecule has 1 N–H and O–H groups in total. The lowest BCUT2D eigenvalue weighted by molar-refractivity contribution is -0.126. The van der Waals surface area contributed by atoms with Gasteiger partial charge in [-0.3, -0.25) is 19.2 Å². The van der Waals surface area contributed by atoms with Gasteiger partial charge in [0.2, 0.25) is 5.91 Å². The Balaban J connectivity index is 1.56. The number of aromatic nitrogens is 2. The van der Waals surface area contributed by atoms with Gasteiger partial charge in [0.25, 0.3) is 5.91 Å². The third kappa shape index (κ3) is 4.06. The Labute approximate surface area is 207 Å². The summed E-state index contributed by atoms with van der Waals surface area (Å²) in [7, 11) is 1.52. The van der Waals surface area contributed by atoms with Crippen molar-refractivity contribution in [3.05, 3.63) is 89.3 Å². The van der Waals surface area contributed by atoms with E-state index in [1.807, 2.05) is 30.3 Å². The van der Waals surface area contributed by atoms with Crippen molar-refractivity contribution in [1.29, 1.82) is 0 Å². The second-order valence-electron chi connectivity index (χ2n) is 8.45. The highest BCUT2D eigenvalue weighted by atomic mass is 35.5. The molecule has 0 saturated heterocycles. The lowest BCUT2D eigenvalue weighted by Crippen LogP contribution is -2.64. The third-order valence-electron chi connectivity index (χ3n) is 6.11. The molecule has 35 heavy (non-hydrogen) atoms. The Morgan fingerprint density at radius 1 is 1.17 bits per heavy atom. The summed E-state index contributed by atoms with van der Waals surface area (Å²) in [6.07, 6.45) is 1.54. The van der Waals surface area contributed by atoms with E-state index < -0.39 is 5.54 Å². The summed E-state index contributed by atoms with van der Waals surface area (Å²) in [6.45, 7) is 2.18. The molecule has 9 heteroatoms. The van der Waals surface area contributed by atoms with Gasteiger partial charge >= 0.3 is 0 Å². The third-order valence-corrected chi connectivity index (χ3v) is 6.40. The van der Waals surface area contributed by atoms with Crippen LogP contribution < -0.4 is 15.0 Å². The van der Waals surface area contributed by atoms with Crippen LogP contribution in [0.1, 0.15) is 23.0 Å². The molecule has 0 fully saturated rings. The number of carbonyl (C=O) groups excluding carboxylic acids is 2. The Hall–Kier alpha value is -4.04. The van der Waals surface area contributed by atoms with Crippen LogP contribution in [0.15, 0.2) is 77.4 Å². The van der Waals surface area contributed by atoms with Gasteiger partial charge in [0.1, 0.15) is 22.7 Å². The number of nitrogens with zero attached hydrogens (tertiary/aromatic N) is 3. The van der Waals surface area contributed by atoms with Crippen LogP contribution in [-0.4, -0.2) is 34.2 Å². The number of furan rings is 1. The maximum Gasteiger partial charge on any atom is 0.277 e. The Bertz CT molecular complexity index is 1380. The predicted octanol–water partition coefficient (Wildman–Crippen LogP) is 4.54. The van der Waals surface area contributed by atoms with E-state index in [4.69, 9.17) is 20.8 Å². The van der Waals surface area contributed by atoms with Crippen LogP contribution in [0, 0.1) is 0 Å². The number of ether oxygens (including phenoxy) is 1. The van der Waals surface area contributed by atoms with Crippen molar-refractivity contribution in [3.8, 4) is 17.2 Å². The van der Waals surface area contributed by atoms with Gasteiger partial charge in [-0.25, -0.2) is 0 Å². The van der Waals surface area contributed by atoms with Gasteiger partial charge in [0.15, 0.2) is 5.76 Å². The van der Waals surface area contributed by atoms with E-state index in [2.05, 4.69) is 10.4 Å². The molecule has 1 aliphatic rings. The molecular weight excluding hydrogens is 468 g/mol. The zero-order valence-corrected chi connectivity index (χ0v) is 20.0. The highest BCUT2D eigenvalue weighted by Crippen LogP contribution is 2.37. The second-order valence-corrected chi connectivity index (χ2v) is 8.86. The molecule has 0 aliphatic carbocycles. The number of nitrogens with one attached hydrogen (secondary N) is 1. The van der Waals surface area contributed by atoms with Crippen LogP contribution in [-0.2, 0) is 17.9 Å². The zero-order chi connectivity index (χ0) is 24.6. The molecule has 1 atom stereocenters. The lowest BCUT2D eigenvalue weighted by atomic mass is 9.93. The molecule has 0 bridgehead atoms. The fraction of sp³-hybridized carbons (Fsp3) is 0.192. The second kappa shape index (κ2) is 8.96. The summed E-state index contributed by atoms with van der Waals surface area (Å²) in [4.78, 5) is 29.0. The number of rotatable bonds is 6. The average Bonchev–Trinajstić information content (AvgIpc) is 3.53. The number of fused-ring (bicyclic) bond motifs is 1. The van der Waals surface area contributed by atoms with E-state index in [9.17, 15) is 9.59 Å². The molecule has 2 amide bonds. The van der Waals surface area contributed by atoms with Crippen LogP contribution in [0.2, 0.25) is 5.02 Å². The van der Waals surface area contributed by atoms with Gasteiger partial charge in [-0.1, -0.05) is 41.9 Å². The normalized spacial score (nSPS) is 17.2. The highest BCUT2D eigenvalue weighted by molar-refractivity contribution is 6.32. The van der Waals surface area contributed by atoms with Crippen molar-refractivity contribution < 1.29 is 18.7 Å². The lowest BCUT2D eigenvalue weighted by Gasteiger charge is -2.43. The molecule has 8 nitrogen and oxygen atoms in total. The van der Waals surface area contributed by atoms with Crippen molar-refractivity contribution in [2.24, 2.45) is 0 Å². The van der Waals surface area contributed by atoms with Crippen molar-refractivity contribution in [3.63, 3.8) is 0 Å². The number of halogens is 1. The monoisotopic (exact) mass is 490 g/mol. The number of amides is 2. The summed E-state index contributed by atoms with van der Waals surface area (Å²) >= 11 is 6.39. The zero-order valence-electron chi connectivity index (χ0n) is 19.2. The van der Waals surface area contributed by atoms with E-state index in [-0.39, 0.29) is 18.4 Å². The first kappa shape index (κ1) is 22.7. The molecule has 1 aliphatic heterocycles. The molecule has 178 valence electrons. The molecule has 5 rings (SSSR count). The van der Waals surface area contributed by atoms with Crippen LogP contribution in [0.5, 0.6) is 5.75 Å². The van der Waals surface area contributed by atoms with E-state index in [1.165, 1.54) is 12.0 Å². The van der Waals surface area contributed by atoms with Crippen LogP contribution in [0.3, 0.4) is 0 Å². The topological polar surface area (TPSA) is 89.6 Å². The number of hydrogen-bond acceptors (Lipinski definition) is 5. The number of methoxy groups -OCH3 is 1. The largest absolute Gasteiger partial charge is 0.495 e. The maximum absolute atomic E-state index is 13.8. The summed E-state index contributed by atoms with van der Waals surface area (Å²) in [5.41, 5.74) is 0.996. The summed E-state index contributed by atoms with van der Waals surface area (Å²) in [6, 6.07) is 19.8. The predicted molar refractivity (Wildman–Crippen MR) is 131 cm³/mol. The van der Waals surface area contributed by atoms with Crippen molar-refractivity contribution in [1.82, 2.24) is 15.1 Å². The maximum atomic E-state index is 13.8. The van der Waals surface area contributed by atoms with Gasteiger partial charge in [-0.2, -0.15) is 5.10 Å². The van der Waals surface area contributed by atoms with Gasteiger partial charge in [0.05, 0.1) is 24.9 Å². The molecule has 2 aromatic carbocycles. The summed E-state index contributed by atoms with van der Waals surface area (Å²) in [5, 5.41) is 7.88. The first-order valence-electron chi connectivity index (χ1n) is 11.0. The molecule has 0 spiro atoms. The average molecular weight is 491 g/mol. The Kier molecular flexibility index (Phi) is 5.82. The van der Waals surface area contributed by atoms with E-state index in [0.29, 0.717) is 40.2 Å². The Morgan fingerprint density at radius 3 is 2.66 bits per heavy atom. The van der Waals surface area contributed by atoms with Crippen molar-refractivity contribution >= 4 is 29.1 Å². The first-order valence-corrected chi connectivity index (χ1v) is 11.4. The van der Waals surface area contributed by atoms with Crippen molar-refractivity contribution in [2.45, 2.75) is 25.6 Å². The fourth-order valence-corrected chi connectivity index (χ4v) is 4.55. The van der Waals surface area contributed by atoms with Gasteiger partial charge in [0, 0.05) is 18.3 Å². The van der Waals surface area contributed by atoms with E-state index >= 15 is 0 Å². The van der Waals surface area contributed by atoms with E-state index in [0.717, 1.165) is 5.56 Å². The van der Waals surface area contributed by atoms with Crippen LogP contribution in [0.25, 0.3) is 11.5 Å². The SMILES string of the molecule is COc1ccc(N2C(=O)c3cc(-c4ccco4)nn3C[C@]2(C)C(=O)NCc2ccccc2)cc1Cl. The summed E-state index contributed by atoms with van der Waals surface area (Å²) in [5.74, 6) is 0.316. The minimum atomic E-state index is -1.29. The van der Waals surface area contributed by atoms with Crippen molar-refractivity contribution in [2.75, 3.05) is 12.0 Å². The number of benzene rings is 2. The van der Waals surface area contributed by atoms with Gasteiger partial charge < -0.3 is 14.5 Å². The quantitative estimate of drug-likeness (QED) is 0.428. The standard InChI is InChI=1S/C26H23ClN4O4/c1-26(25(33)28-15-17-7-4-3-5-8-17)16-30-21(14-20(29-30)23-9-6-12-35-23)24(32)31(26)18-10-11-22(34-2)19(27)13-18/h3-14H,15-16H2,1-2H3,(H,28,33)/t26-/m1/s1. The molecule has 0 radical (unpaired) electrons. The minimum Gasteiger partial charge on any atom is -0.495 e. The molecule has 4 aromatic rings. The highest BCUT2D eigenvalue weighted by Gasteiger charge is 2.49. The van der Waals surface area contributed by atoms with Gasteiger partial charge in [-0.15, -0.1) is 0 Å².